The van der Waals surface area contributed by atoms with Crippen molar-refractivity contribution in [3.63, 3.8) is 0 Å². The number of aliphatic imine (C=N–C) groups is 1. The standard InChI is InChI=1S/C21H38N6O3/c1-24(2)19(28)16-23-21(22-15-17-7-4-5-14-30-17)27-12-10-26(11-13-27)20(29)18-8-6-9-25(18)3/h17-18H,4-16H2,1-3H3,(H,22,23). The summed E-state index contributed by atoms with van der Waals surface area (Å²) < 4.78 is 5.83. The van der Waals surface area contributed by atoms with Gasteiger partial charge in [-0.3, -0.25) is 14.5 Å². The Morgan fingerprint density at radius 1 is 1.03 bits per heavy atom. The first-order valence-electron chi connectivity index (χ1n) is 11.3. The fourth-order valence-electron chi connectivity index (χ4n) is 4.30. The molecule has 3 aliphatic rings. The van der Waals surface area contributed by atoms with Crippen LogP contribution in [-0.4, -0.2) is 123 Å². The zero-order valence-corrected chi connectivity index (χ0v) is 18.8. The summed E-state index contributed by atoms with van der Waals surface area (Å²) in [5, 5.41) is 3.43. The predicted octanol–water partition coefficient (Wildman–Crippen LogP) is -0.172. The Labute approximate surface area is 180 Å². The minimum Gasteiger partial charge on any atom is -0.376 e. The molecule has 2 amide bonds. The number of amides is 2. The van der Waals surface area contributed by atoms with Gasteiger partial charge in [-0.25, -0.2) is 4.99 Å². The number of carbonyl (C=O) groups excluding carboxylic acids is 2. The summed E-state index contributed by atoms with van der Waals surface area (Å²) in [6, 6.07) is 0.0315. The first kappa shape index (κ1) is 22.8. The molecule has 2 unspecified atom stereocenters. The van der Waals surface area contributed by atoms with Crippen molar-refractivity contribution >= 4 is 17.8 Å². The number of ether oxygens (including phenoxy) is 1. The number of hydrogen-bond donors (Lipinski definition) is 1. The molecular formula is C21H38N6O3. The molecule has 0 aliphatic carbocycles. The summed E-state index contributed by atoms with van der Waals surface area (Å²) in [6.45, 7) is 5.44. The van der Waals surface area contributed by atoms with E-state index in [4.69, 9.17) is 4.74 Å². The lowest BCUT2D eigenvalue weighted by Crippen LogP contribution is -2.57. The third-order valence-corrected chi connectivity index (χ3v) is 6.32. The van der Waals surface area contributed by atoms with Gasteiger partial charge in [0, 0.05) is 53.4 Å². The summed E-state index contributed by atoms with van der Waals surface area (Å²) in [7, 11) is 5.52. The van der Waals surface area contributed by atoms with E-state index in [2.05, 4.69) is 20.1 Å². The predicted molar refractivity (Wildman–Crippen MR) is 116 cm³/mol. The molecule has 0 saturated carbocycles. The number of piperazine rings is 1. The maximum absolute atomic E-state index is 12.9. The van der Waals surface area contributed by atoms with E-state index in [1.54, 1.807) is 19.0 Å². The second-order valence-corrected chi connectivity index (χ2v) is 8.75. The molecule has 0 aromatic carbocycles. The van der Waals surface area contributed by atoms with Crippen LogP contribution in [0.3, 0.4) is 0 Å². The Kier molecular flexibility index (Phi) is 8.32. The molecule has 0 radical (unpaired) electrons. The topological polar surface area (TPSA) is 80.7 Å². The van der Waals surface area contributed by atoms with Gasteiger partial charge in [0.2, 0.25) is 11.8 Å². The smallest absolute Gasteiger partial charge is 0.243 e. The van der Waals surface area contributed by atoms with E-state index < -0.39 is 0 Å². The third kappa shape index (κ3) is 6.07. The van der Waals surface area contributed by atoms with Crippen molar-refractivity contribution < 1.29 is 14.3 Å². The minimum atomic E-state index is -0.0266. The summed E-state index contributed by atoms with van der Waals surface area (Å²) in [5.74, 6) is 0.963. The molecule has 3 rings (SSSR count). The first-order valence-corrected chi connectivity index (χ1v) is 11.3. The van der Waals surface area contributed by atoms with Crippen LogP contribution in [0.25, 0.3) is 0 Å². The zero-order valence-electron chi connectivity index (χ0n) is 18.8. The summed E-state index contributed by atoms with van der Waals surface area (Å²) in [6.07, 6.45) is 5.60. The highest BCUT2D eigenvalue weighted by Gasteiger charge is 2.33. The maximum Gasteiger partial charge on any atom is 0.243 e. The largest absolute Gasteiger partial charge is 0.376 e. The molecule has 0 bridgehead atoms. The van der Waals surface area contributed by atoms with Crippen LogP contribution in [0.15, 0.2) is 4.99 Å². The van der Waals surface area contributed by atoms with Crippen LogP contribution in [0.2, 0.25) is 0 Å². The van der Waals surface area contributed by atoms with Crippen molar-refractivity contribution in [3.05, 3.63) is 0 Å². The number of carbonyl (C=O) groups is 2. The van der Waals surface area contributed by atoms with Crippen molar-refractivity contribution in [1.82, 2.24) is 24.9 Å². The number of likely N-dealkylation sites (N-methyl/N-ethyl adjacent to an activating group) is 2. The molecule has 1 N–H and O–H groups in total. The molecule has 30 heavy (non-hydrogen) atoms. The van der Waals surface area contributed by atoms with E-state index in [9.17, 15) is 9.59 Å². The lowest BCUT2D eigenvalue weighted by molar-refractivity contribution is -0.136. The summed E-state index contributed by atoms with van der Waals surface area (Å²) in [5.41, 5.74) is 0. The van der Waals surface area contributed by atoms with Crippen LogP contribution in [0.1, 0.15) is 32.1 Å². The fraction of sp³-hybridized carbons (Fsp3) is 0.857. The van der Waals surface area contributed by atoms with Crippen LogP contribution in [0.5, 0.6) is 0 Å². The number of likely N-dealkylation sites (tertiary alicyclic amines) is 1. The third-order valence-electron chi connectivity index (χ3n) is 6.32. The van der Waals surface area contributed by atoms with Gasteiger partial charge in [0.15, 0.2) is 5.96 Å². The number of nitrogens with zero attached hydrogens (tertiary/aromatic N) is 5. The number of guanidine groups is 1. The second-order valence-electron chi connectivity index (χ2n) is 8.75. The van der Waals surface area contributed by atoms with Crippen LogP contribution in [-0.2, 0) is 14.3 Å². The lowest BCUT2D eigenvalue weighted by atomic mass is 10.1. The normalized spacial score (nSPS) is 26.0. The Balaban J connectivity index is 1.56. The van der Waals surface area contributed by atoms with Gasteiger partial charge >= 0.3 is 0 Å². The molecule has 3 aliphatic heterocycles. The van der Waals surface area contributed by atoms with Gasteiger partial charge in [0.25, 0.3) is 0 Å². The molecule has 2 atom stereocenters. The average molecular weight is 423 g/mol. The van der Waals surface area contributed by atoms with Crippen molar-refractivity contribution in [2.75, 3.05) is 73.6 Å². The minimum absolute atomic E-state index is 0.0266. The summed E-state index contributed by atoms with van der Waals surface area (Å²) >= 11 is 0. The molecule has 9 nitrogen and oxygen atoms in total. The van der Waals surface area contributed by atoms with Gasteiger partial charge in [-0.15, -0.1) is 0 Å². The Bertz CT molecular complexity index is 612. The fourth-order valence-corrected chi connectivity index (χ4v) is 4.30. The molecule has 3 saturated heterocycles. The Morgan fingerprint density at radius 3 is 2.37 bits per heavy atom. The van der Waals surface area contributed by atoms with Crippen LogP contribution >= 0.6 is 0 Å². The summed E-state index contributed by atoms with van der Waals surface area (Å²) in [4.78, 5) is 37.4. The van der Waals surface area contributed by atoms with Gasteiger partial charge in [-0.1, -0.05) is 0 Å². The molecule has 3 heterocycles. The number of hydrogen-bond acceptors (Lipinski definition) is 5. The Morgan fingerprint density at radius 2 is 1.77 bits per heavy atom. The SMILES string of the molecule is CN(C)C(=O)CN=C(NCC1CCCCO1)N1CCN(C(=O)C2CCCN2C)CC1. The van der Waals surface area contributed by atoms with Gasteiger partial charge in [-0.05, 0) is 45.7 Å². The maximum atomic E-state index is 12.9. The molecular weight excluding hydrogens is 384 g/mol. The molecule has 170 valence electrons. The molecule has 0 spiro atoms. The molecule has 3 fully saturated rings. The Hall–Kier alpha value is -1.87. The second kappa shape index (κ2) is 10.9. The highest BCUT2D eigenvalue weighted by Crippen LogP contribution is 2.18. The lowest BCUT2D eigenvalue weighted by Gasteiger charge is -2.38. The van der Waals surface area contributed by atoms with E-state index in [1.165, 1.54) is 6.42 Å². The van der Waals surface area contributed by atoms with Gasteiger partial charge < -0.3 is 24.8 Å². The van der Waals surface area contributed by atoms with E-state index in [-0.39, 0.29) is 30.5 Å². The van der Waals surface area contributed by atoms with E-state index in [1.807, 2.05) is 11.9 Å². The molecule has 0 aromatic heterocycles. The van der Waals surface area contributed by atoms with Gasteiger partial charge in [-0.2, -0.15) is 0 Å². The van der Waals surface area contributed by atoms with Crippen LogP contribution in [0, 0.1) is 0 Å². The van der Waals surface area contributed by atoms with Gasteiger partial charge in [0.1, 0.15) is 6.54 Å². The van der Waals surface area contributed by atoms with Crippen molar-refractivity contribution in [3.8, 4) is 0 Å². The van der Waals surface area contributed by atoms with Crippen molar-refractivity contribution in [2.45, 2.75) is 44.2 Å². The zero-order chi connectivity index (χ0) is 21.5. The van der Waals surface area contributed by atoms with Crippen LogP contribution < -0.4 is 5.32 Å². The monoisotopic (exact) mass is 422 g/mol. The van der Waals surface area contributed by atoms with Gasteiger partial charge in [0.05, 0.1) is 12.1 Å². The number of nitrogens with one attached hydrogen (secondary N) is 1. The van der Waals surface area contributed by atoms with Crippen molar-refractivity contribution in [2.24, 2.45) is 4.99 Å². The first-order chi connectivity index (χ1) is 14.5. The molecule has 9 heteroatoms. The van der Waals surface area contributed by atoms with E-state index in [0.29, 0.717) is 19.6 Å². The van der Waals surface area contributed by atoms with E-state index in [0.717, 1.165) is 57.9 Å². The molecule has 0 aromatic rings. The van der Waals surface area contributed by atoms with Crippen molar-refractivity contribution in [1.29, 1.82) is 0 Å². The quantitative estimate of drug-likeness (QED) is 0.489. The highest BCUT2D eigenvalue weighted by atomic mass is 16.5. The van der Waals surface area contributed by atoms with E-state index >= 15 is 0 Å². The average Bonchev–Trinajstić information content (AvgIpc) is 3.19. The highest BCUT2D eigenvalue weighted by molar-refractivity contribution is 5.85. The van der Waals surface area contributed by atoms with Crippen LogP contribution in [0.4, 0.5) is 0 Å². The number of rotatable bonds is 5.